The van der Waals surface area contributed by atoms with Crippen molar-refractivity contribution in [3.8, 4) is 0 Å². The highest BCUT2D eigenvalue weighted by Crippen LogP contribution is 2.60. The molecule has 1 rings (SSSR count). The van der Waals surface area contributed by atoms with E-state index in [1.807, 2.05) is 20.8 Å². The Hall–Kier alpha value is -0.850. The smallest absolute Gasteiger partial charge is 0.389 e. The number of esters is 1. The van der Waals surface area contributed by atoms with Gasteiger partial charge in [0.2, 0.25) is 0 Å². The molecule has 0 amide bonds. The van der Waals surface area contributed by atoms with Crippen LogP contribution in [0.15, 0.2) is 24.3 Å². The number of hydrogen-bond acceptors (Lipinski definition) is 7. The lowest BCUT2D eigenvalue weighted by atomic mass is 10.0. The number of hydrogen-bond donors (Lipinski definition) is 1. The lowest BCUT2D eigenvalue weighted by Gasteiger charge is -2.19. The van der Waals surface area contributed by atoms with Crippen LogP contribution in [0.5, 0.6) is 0 Å². The Morgan fingerprint density at radius 2 is 1.70 bits per heavy atom. The second-order valence-electron chi connectivity index (χ2n) is 6.90. The second-order valence-corrected chi connectivity index (χ2v) is 11.1. The standard InChI is InChI=1S/C19H31O6PS/c1-6-23-26(22,24-7-2)27-14-8-9-17(20)15-10-12-16(13-11-15)18(21)25-19(3,4)5/h10-13,17,20H,6-9,14H2,1-5H3/t17-/m1/s1. The van der Waals surface area contributed by atoms with Crippen molar-refractivity contribution in [2.45, 2.75) is 59.2 Å². The highest BCUT2D eigenvalue weighted by molar-refractivity contribution is 8.55. The maximum absolute atomic E-state index is 12.3. The summed E-state index contributed by atoms with van der Waals surface area (Å²) in [4.78, 5) is 12.0. The first-order chi connectivity index (χ1) is 12.6. The third-order valence-electron chi connectivity index (χ3n) is 3.38. The van der Waals surface area contributed by atoms with Crippen LogP contribution in [-0.4, -0.2) is 35.6 Å². The molecule has 1 N–H and O–H groups in total. The topological polar surface area (TPSA) is 82.1 Å². The average molecular weight is 418 g/mol. The maximum atomic E-state index is 12.3. The fourth-order valence-electron chi connectivity index (χ4n) is 2.23. The molecular formula is C19H31O6PS. The minimum absolute atomic E-state index is 0.330. The van der Waals surface area contributed by atoms with Crippen LogP contribution in [0.2, 0.25) is 0 Å². The number of rotatable bonds is 11. The van der Waals surface area contributed by atoms with E-state index in [1.165, 1.54) is 0 Å². The summed E-state index contributed by atoms with van der Waals surface area (Å²) < 4.78 is 28.1. The molecule has 0 aromatic heterocycles. The van der Waals surface area contributed by atoms with Crippen LogP contribution in [0.25, 0.3) is 0 Å². The molecule has 0 heterocycles. The number of carbonyl (C=O) groups excluding carboxylic acids is 1. The first kappa shape index (κ1) is 24.2. The van der Waals surface area contributed by atoms with Crippen LogP contribution in [0.3, 0.4) is 0 Å². The van der Waals surface area contributed by atoms with Gasteiger partial charge in [-0.1, -0.05) is 12.1 Å². The lowest BCUT2D eigenvalue weighted by molar-refractivity contribution is 0.00693. The summed E-state index contributed by atoms with van der Waals surface area (Å²) in [6.07, 6.45) is 0.512. The van der Waals surface area contributed by atoms with Gasteiger partial charge in [0.15, 0.2) is 0 Å². The summed E-state index contributed by atoms with van der Waals surface area (Å²) in [5.41, 5.74) is 0.630. The Bertz CT molecular complexity index is 616. The summed E-state index contributed by atoms with van der Waals surface area (Å²) in [6, 6.07) is 6.75. The van der Waals surface area contributed by atoms with Crippen LogP contribution in [0.4, 0.5) is 0 Å². The van der Waals surface area contributed by atoms with E-state index >= 15 is 0 Å². The molecule has 1 aromatic rings. The minimum Gasteiger partial charge on any atom is -0.456 e. The molecule has 0 aliphatic heterocycles. The van der Waals surface area contributed by atoms with Gasteiger partial charge in [0.05, 0.1) is 24.9 Å². The van der Waals surface area contributed by atoms with Crippen LogP contribution in [-0.2, 0) is 18.3 Å². The Kier molecular flexibility index (Phi) is 10.1. The predicted molar refractivity (Wildman–Crippen MR) is 109 cm³/mol. The molecule has 0 saturated heterocycles. The molecular weight excluding hydrogens is 387 g/mol. The number of benzene rings is 1. The lowest BCUT2D eigenvalue weighted by Crippen LogP contribution is -2.23. The molecule has 1 atom stereocenters. The van der Waals surface area contributed by atoms with Crippen molar-refractivity contribution in [2.24, 2.45) is 0 Å². The Morgan fingerprint density at radius 3 is 2.19 bits per heavy atom. The van der Waals surface area contributed by atoms with Crippen LogP contribution in [0, 0.1) is 0 Å². The van der Waals surface area contributed by atoms with Crippen molar-refractivity contribution >= 4 is 24.1 Å². The largest absolute Gasteiger partial charge is 0.456 e. The maximum Gasteiger partial charge on any atom is 0.389 e. The number of carbonyl (C=O) groups is 1. The first-order valence-electron chi connectivity index (χ1n) is 9.15. The number of aliphatic hydroxyl groups is 1. The molecule has 0 unspecified atom stereocenters. The van der Waals surface area contributed by atoms with Crippen molar-refractivity contribution < 1.29 is 28.3 Å². The fourth-order valence-corrected chi connectivity index (χ4v) is 5.74. The van der Waals surface area contributed by atoms with Crippen LogP contribution in [0.1, 0.15) is 69.5 Å². The summed E-state index contributed by atoms with van der Waals surface area (Å²) in [5, 5.41) is 10.3. The fraction of sp³-hybridized carbons (Fsp3) is 0.632. The van der Waals surface area contributed by atoms with Crippen molar-refractivity contribution in [3.63, 3.8) is 0 Å². The Morgan fingerprint density at radius 1 is 1.15 bits per heavy atom. The summed E-state index contributed by atoms with van der Waals surface area (Å²) in [6.45, 7) is 6.56. The number of ether oxygens (including phenoxy) is 1. The minimum atomic E-state index is -3.10. The van der Waals surface area contributed by atoms with Crippen molar-refractivity contribution in [1.82, 2.24) is 0 Å². The van der Waals surface area contributed by atoms with E-state index in [0.717, 1.165) is 16.9 Å². The van der Waals surface area contributed by atoms with Crippen LogP contribution < -0.4 is 0 Å². The second kappa shape index (κ2) is 11.2. The first-order valence-corrected chi connectivity index (χ1v) is 12.3. The summed E-state index contributed by atoms with van der Waals surface area (Å²) in [5.74, 6) is 0.173. The molecule has 27 heavy (non-hydrogen) atoms. The van der Waals surface area contributed by atoms with E-state index < -0.39 is 18.5 Å². The zero-order valence-corrected chi connectivity index (χ0v) is 18.5. The Labute approximate surface area is 166 Å². The van der Waals surface area contributed by atoms with E-state index in [1.54, 1.807) is 38.1 Å². The SMILES string of the molecule is CCOP(=O)(OCC)SCCC[C@@H](O)c1ccc(C(=O)OC(C)(C)C)cc1. The zero-order chi connectivity index (χ0) is 20.5. The van der Waals surface area contributed by atoms with Gasteiger partial charge >= 0.3 is 12.8 Å². The molecule has 154 valence electrons. The van der Waals surface area contributed by atoms with Crippen LogP contribution >= 0.6 is 18.2 Å². The van der Waals surface area contributed by atoms with Crippen molar-refractivity contribution in [3.05, 3.63) is 35.4 Å². The number of aliphatic hydroxyl groups excluding tert-OH is 1. The van der Waals surface area contributed by atoms with Gasteiger partial charge in [0, 0.05) is 5.75 Å². The Balaban J connectivity index is 2.50. The van der Waals surface area contributed by atoms with Gasteiger partial charge in [0.1, 0.15) is 5.60 Å². The van der Waals surface area contributed by atoms with E-state index in [4.69, 9.17) is 13.8 Å². The van der Waals surface area contributed by atoms with E-state index in [0.29, 0.717) is 37.4 Å². The molecule has 0 bridgehead atoms. The van der Waals surface area contributed by atoms with Gasteiger partial charge in [-0.3, -0.25) is 0 Å². The monoisotopic (exact) mass is 418 g/mol. The summed E-state index contributed by atoms with van der Waals surface area (Å²) in [7, 11) is 0. The normalized spacial score (nSPS) is 13.4. The highest BCUT2D eigenvalue weighted by atomic mass is 32.7. The molecule has 0 aliphatic rings. The molecule has 0 radical (unpaired) electrons. The third kappa shape index (κ3) is 9.26. The zero-order valence-electron chi connectivity index (χ0n) is 16.8. The quantitative estimate of drug-likeness (QED) is 0.294. The molecule has 0 spiro atoms. The molecule has 1 aromatic carbocycles. The molecule has 6 nitrogen and oxygen atoms in total. The van der Waals surface area contributed by atoms with E-state index in [-0.39, 0.29) is 5.97 Å². The summed E-state index contributed by atoms with van der Waals surface area (Å²) >= 11 is 1.16. The highest BCUT2D eigenvalue weighted by Gasteiger charge is 2.24. The predicted octanol–water partition coefficient (Wildman–Crippen LogP) is 5.37. The van der Waals surface area contributed by atoms with Gasteiger partial charge in [-0.25, -0.2) is 9.36 Å². The third-order valence-corrected chi connectivity index (χ3v) is 7.44. The van der Waals surface area contributed by atoms with Gasteiger partial charge in [0.25, 0.3) is 0 Å². The van der Waals surface area contributed by atoms with E-state index in [2.05, 4.69) is 0 Å². The van der Waals surface area contributed by atoms with Gasteiger partial charge in [-0.15, -0.1) is 0 Å². The van der Waals surface area contributed by atoms with Gasteiger partial charge < -0.3 is 18.9 Å². The molecule has 8 heteroatoms. The van der Waals surface area contributed by atoms with Gasteiger partial charge in [-0.2, -0.15) is 0 Å². The molecule has 0 aliphatic carbocycles. The molecule has 0 fully saturated rings. The van der Waals surface area contributed by atoms with Crippen molar-refractivity contribution in [1.29, 1.82) is 0 Å². The molecule has 0 saturated carbocycles. The average Bonchev–Trinajstić information content (AvgIpc) is 2.57. The van der Waals surface area contributed by atoms with Crippen molar-refractivity contribution in [2.75, 3.05) is 19.0 Å². The van der Waals surface area contributed by atoms with Gasteiger partial charge in [-0.05, 0) is 76.5 Å². The van der Waals surface area contributed by atoms with E-state index in [9.17, 15) is 14.5 Å².